The van der Waals surface area contributed by atoms with Crippen molar-refractivity contribution in [2.75, 3.05) is 19.4 Å². The zero-order valence-electron chi connectivity index (χ0n) is 5.23. The molecular weight excluding hydrogens is 161 g/mol. The molecule has 0 radical (unpaired) electrons. The lowest BCUT2D eigenvalue weighted by molar-refractivity contribution is -0.240. The first kappa shape index (κ1) is 10.0. The van der Waals surface area contributed by atoms with E-state index in [-0.39, 0.29) is 13.2 Å². The first-order valence-electron chi connectivity index (χ1n) is 2.58. The lowest BCUT2D eigenvalue weighted by atomic mass is 10.7. The molecular formula is C3H10NO5P. The van der Waals surface area contributed by atoms with Crippen molar-refractivity contribution in [1.82, 2.24) is 5.32 Å². The molecule has 0 heterocycles. The summed E-state index contributed by atoms with van der Waals surface area (Å²) in [6.45, 7) is 0.224. The minimum Gasteiger partial charge on any atom is -0.324 e. The Morgan fingerprint density at radius 1 is 1.50 bits per heavy atom. The lowest BCUT2D eigenvalue weighted by Gasteiger charge is -2.03. The van der Waals surface area contributed by atoms with E-state index in [0.717, 1.165) is 0 Å². The van der Waals surface area contributed by atoms with Gasteiger partial charge < -0.3 is 15.1 Å². The summed E-state index contributed by atoms with van der Waals surface area (Å²) in [5, 5.41) is 10.1. The summed E-state index contributed by atoms with van der Waals surface area (Å²) in [7, 11) is -3.95. The molecule has 7 heteroatoms. The van der Waals surface area contributed by atoms with Gasteiger partial charge in [-0.05, 0) is 0 Å². The predicted molar refractivity (Wildman–Crippen MR) is 33.5 cm³/mol. The maximum absolute atomic E-state index is 10.1. The van der Waals surface area contributed by atoms with E-state index in [1.54, 1.807) is 0 Å². The van der Waals surface area contributed by atoms with Gasteiger partial charge in [0.1, 0.15) is 0 Å². The third-order valence-electron chi connectivity index (χ3n) is 0.688. The topological polar surface area (TPSA) is 99.0 Å². The molecule has 0 aromatic heterocycles. The summed E-state index contributed by atoms with van der Waals surface area (Å²) < 4.78 is 10.1. The van der Waals surface area contributed by atoms with Gasteiger partial charge in [-0.25, -0.2) is 4.89 Å². The fourth-order valence-electron chi connectivity index (χ4n) is 0.343. The quantitative estimate of drug-likeness (QED) is 0.187. The van der Waals surface area contributed by atoms with Gasteiger partial charge in [0.2, 0.25) is 0 Å². The highest BCUT2D eigenvalue weighted by Gasteiger charge is 2.10. The van der Waals surface area contributed by atoms with Gasteiger partial charge in [0.25, 0.3) is 0 Å². The Kier molecular flexibility index (Phi) is 4.80. The molecule has 0 fully saturated rings. The average molecular weight is 171 g/mol. The van der Waals surface area contributed by atoms with Crippen LogP contribution < -0.4 is 5.32 Å². The second-order valence-electron chi connectivity index (χ2n) is 1.66. The average Bonchev–Trinajstić information content (AvgIpc) is 1.78. The molecule has 0 bridgehead atoms. The minimum absolute atomic E-state index is 0.0139. The zero-order chi connectivity index (χ0) is 8.04. The number of rotatable bonds is 5. The van der Waals surface area contributed by atoms with Crippen molar-refractivity contribution in [3.8, 4) is 0 Å². The second kappa shape index (κ2) is 4.79. The van der Waals surface area contributed by atoms with Crippen LogP contribution in [0.15, 0.2) is 0 Å². The Bertz CT molecular complexity index is 122. The summed E-state index contributed by atoms with van der Waals surface area (Å²) in [6, 6.07) is 0. The van der Waals surface area contributed by atoms with E-state index >= 15 is 0 Å². The first-order chi connectivity index (χ1) is 4.56. The van der Waals surface area contributed by atoms with E-state index in [2.05, 4.69) is 10.2 Å². The molecule has 0 aliphatic heterocycles. The van der Waals surface area contributed by atoms with Crippen molar-refractivity contribution < 1.29 is 24.5 Å². The van der Waals surface area contributed by atoms with Gasteiger partial charge in [-0.1, -0.05) is 0 Å². The van der Waals surface area contributed by atoms with E-state index in [4.69, 9.17) is 15.0 Å². The highest BCUT2D eigenvalue weighted by Crippen LogP contribution is 2.31. The monoisotopic (exact) mass is 171 g/mol. The molecule has 0 spiro atoms. The maximum Gasteiger partial charge on any atom is 0.339 e. The fraction of sp³-hybridized carbons (Fsp3) is 1.00. The van der Waals surface area contributed by atoms with Gasteiger partial charge in [-0.3, -0.25) is 9.82 Å². The molecule has 0 saturated heterocycles. The summed E-state index contributed by atoms with van der Waals surface area (Å²) >= 11 is 0. The van der Waals surface area contributed by atoms with Crippen LogP contribution in [-0.2, 0) is 9.45 Å². The molecule has 4 N–H and O–H groups in total. The van der Waals surface area contributed by atoms with Gasteiger partial charge >= 0.3 is 7.60 Å². The fourth-order valence-corrected chi connectivity index (χ4v) is 0.792. The normalized spacial score (nSPS) is 11.9. The third-order valence-corrected chi connectivity index (χ3v) is 1.32. The summed E-state index contributed by atoms with van der Waals surface area (Å²) in [6.07, 6.45) is -0.393. The van der Waals surface area contributed by atoms with Gasteiger partial charge in [-0.15, -0.1) is 0 Å². The van der Waals surface area contributed by atoms with Crippen LogP contribution in [-0.4, -0.2) is 34.5 Å². The van der Waals surface area contributed by atoms with E-state index in [1.165, 1.54) is 0 Å². The van der Waals surface area contributed by atoms with Crippen LogP contribution in [0.3, 0.4) is 0 Å². The van der Waals surface area contributed by atoms with Crippen LogP contribution in [0, 0.1) is 0 Å². The Balaban J connectivity index is 3.13. The molecule has 0 saturated carbocycles. The van der Waals surface area contributed by atoms with Crippen molar-refractivity contribution >= 4 is 7.60 Å². The summed E-state index contributed by atoms with van der Waals surface area (Å²) in [4.78, 5) is 20.2. The first-order valence-corrected chi connectivity index (χ1v) is 4.37. The summed E-state index contributed by atoms with van der Waals surface area (Å²) in [5.74, 6) is 0. The highest BCUT2D eigenvalue weighted by molar-refractivity contribution is 7.51. The zero-order valence-corrected chi connectivity index (χ0v) is 6.12. The van der Waals surface area contributed by atoms with E-state index in [1.807, 2.05) is 0 Å². The molecule has 0 aliphatic rings. The molecule has 0 aliphatic carbocycles. The smallest absolute Gasteiger partial charge is 0.324 e. The molecule has 0 atom stereocenters. The maximum atomic E-state index is 10.1. The van der Waals surface area contributed by atoms with Gasteiger partial charge in [0.15, 0.2) is 0 Å². The number of hydrogen-bond acceptors (Lipinski definition) is 4. The molecule has 0 unspecified atom stereocenters. The van der Waals surface area contributed by atoms with Crippen LogP contribution in [0.1, 0.15) is 0 Å². The van der Waals surface area contributed by atoms with E-state index < -0.39 is 13.9 Å². The van der Waals surface area contributed by atoms with E-state index in [0.29, 0.717) is 0 Å². The van der Waals surface area contributed by atoms with Crippen LogP contribution in [0.25, 0.3) is 0 Å². The Labute approximate surface area is 57.9 Å². The Morgan fingerprint density at radius 3 is 2.50 bits per heavy atom. The third kappa shape index (κ3) is 8.03. The highest BCUT2D eigenvalue weighted by atomic mass is 31.2. The van der Waals surface area contributed by atoms with Crippen molar-refractivity contribution in [3.05, 3.63) is 0 Å². The van der Waals surface area contributed by atoms with Crippen molar-refractivity contribution in [1.29, 1.82) is 0 Å². The molecule has 6 nitrogen and oxygen atoms in total. The predicted octanol–water partition coefficient (Wildman–Crippen LogP) is -0.799. The Hall–Kier alpha value is 0.0300. The molecule has 0 aromatic rings. The molecule has 0 aromatic carbocycles. The molecule has 10 heavy (non-hydrogen) atoms. The lowest BCUT2D eigenvalue weighted by Crippen LogP contribution is -2.20. The number of nitrogens with one attached hydrogen (secondary N) is 1. The minimum atomic E-state index is -3.95. The van der Waals surface area contributed by atoms with Gasteiger partial charge in [-0.2, -0.15) is 0 Å². The Morgan fingerprint density at radius 2 is 2.10 bits per heavy atom. The second-order valence-corrected chi connectivity index (χ2v) is 3.30. The number of hydrogen-bond donors (Lipinski definition) is 4. The standard InChI is InChI=1S/C3H10NO5P/c5-9-2-1-4-3-10(6,7)8/h4-5H,1-3H2,(H2,6,7,8). The van der Waals surface area contributed by atoms with E-state index in [9.17, 15) is 4.57 Å². The van der Waals surface area contributed by atoms with Crippen molar-refractivity contribution in [3.63, 3.8) is 0 Å². The molecule has 0 amide bonds. The van der Waals surface area contributed by atoms with Gasteiger partial charge in [0, 0.05) is 6.54 Å². The van der Waals surface area contributed by atoms with Crippen molar-refractivity contribution in [2.45, 2.75) is 0 Å². The summed E-state index contributed by atoms with van der Waals surface area (Å²) in [5.41, 5.74) is 0. The SMILES string of the molecule is O=P(O)(O)CNCCOO. The van der Waals surface area contributed by atoms with Crippen molar-refractivity contribution in [2.24, 2.45) is 0 Å². The van der Waals surface area contributed by atoms with Crippen LogP contribution in [0.2, 0.25) is 0 Å². The van der Waals surface area contributed by atoms with Crippen LogP contribution in [0.5, 0.6) is 0 Å². The largest absolute Gasteiger partial charge is 0.339 e. The molecule has 0 rings (SSSR count). The van der Waals surface area contributed by atoms with Crippen LogP contribution >= 0.6 is 7.60 Å². The van der Waals surface area contributed by atoms with Crippen LogP contribution in [0.4, 0.5) is 0 Å². The van der Waals surface area contributed by atoms with Gasteiger partial charge in [0.05, 0.1) is 12.9 Å². The molecule has 62 valence electrons.